The van der Waals surface area contributed by atoms with Crippen LogP contribution in [0.2, 0.25) is 0 Å². The van der Waals surface area contributed by atoms with E-state index in [1.807, 2.05) is 0 Å². The molecule has 1 saturated heterocycles. The average molecular weight is 292 g/mol. The molecule has 112 valence electrons. The Labute approximate surface area is 114 Å². The van der Waals surface area contributed by atoms with Crippen LogP contribution < -0.4 is 9.47 Å². The normalized spacial score (nSPS) is 19.6. The molecule has 0 N–H and O–H groups in total. The maximum absolute atomic E-state index is 13.1. The molecule has 1 aliphatic rings. The van der Waals surface area contributed by atoms with Gasteiger partial charge in [0.05, 0.1) is 27.4 Å². The third kappa shape index (κ3) is 3.77. The van der Waals surface area contributed by atoms with Crippen LogP contribution in [-0.4, -0.2) is 39.7 Å². The molecule has 1 aromatic carbocycles. The lowest BCUT2D eigenvalue weighted by atomic mass is 10.1. The van der Waals surface area contributed by atoms with Crippen LogP contribution in [0.5, 0.6) is 11.5 Å². The van der Waals surface area contributed by atoms with Gasteiger partial charge in [-0.2, -0.15) is 13.2 Å². The van der Waals surface area contributed by atoms with Crippen LogP contribution in [0.25, 0.3) is 0 Å². The van der Waals surface area contributed by atoms with Crippen molar-refractivity contribution < 1.29 is 32.1 Å². The number of ether oxygens (including phenoxy) is 4. The quantitative estimate of drug-likeness (QED) is 0.756. The third-order valence-electron chi connectivity index (χ3n) is 2.82. The van der Waals surface area contributed by atoms with E-state index in [1.165, 1.54) is 32.4 Å². The molecular weight excluding hydrogens is 277 g/mol. The smallest absolute Gasteiger partial charge is 0.418 e. The van der Waals surface area contributed by atoms with Gasteiger partial charge in [0, 0.05) is 6.07 Å². The SMILES string of the molecule is COc1cc(OC)cc([C@@H](OC[C@@H]2CO2)C(F)(F)F)c1. The van der Waals surface area contributed by atoms with Gasteiger partial charge in [0.2, 0.25) is 0 Å². The summed E-state index contributed by atoms with van der Waals surface area (Å²) in [5.41, 5.74) is -0.0608. The molecule has 2 atom stereocenters. The summed E-state index contributed by atoms with van der Waals surface area (Å²) in [6.45, 7) is 0.343. The monoisotopic (exact) mass is 292 g/mol. The highest BCUT2D eigenvalue weighted by Crippen LogP contribution is 2.39. The molecule has 0 unspecified atom stereocenters. The first kappa shape index (κ1) is 14.9. The van der Waals surface area contributed by atoms with Crippen LogP contribution in [0.15, 0.2) is 18.2 Å². The molecule has 4 nitrogen and oxygen atoms in total. The molecule has 0 radical (unpaired) electrons. The van der Waals surface area contributed by atoms with Crippen LogP contribution in [0, 0.1) is 0 Å². The summed E-state index contributed by atoms with van der Waals surface area (Å²) in [6.07, 6.45) is -6.80. The molecule has 7 heteroatoms. The lowest BCUT2D eigenvalue weighted by Crippen LogP contribution is -2.25. The Hall–Kier alpha value is -1.47. The second kappa shape index (κ2) is 5.88. The van der Waals surface area contributed by atoms with Crippen LogP contribution in [0.4, 0.5) is 13.2 Å². The average Bonchev–Trinajstić information content (AvgIpc) is 3.21. The first-order valence-electron chi connectivity index (χ1n) is 5.97. The molecule has 0 aliphatic carbocycles. The van der Waals surface area contributed by atoms with Crippen molar-refractivity contribution in [3.05, 3.63) is 23.8 Å². The Kier molecular flexibility index (Phi) is 4.39. The fourth-order valence-corrected chi connectivity index (χ4v) is 1.73. The summed E-state index contributed by atoms with van der Waals surface area (Å²) in [6, 6.07) is 4.07. The minimum atomic E-state index is -4.52. The van der Waals surface area contributed by atoms with Gasteiger partial charge in [-0.25, -0.2) is 0 Å². The van der Waals surface area contributed by atoms with Crippen LogP contribution >= 0.6 is 0 Å². The van der Waals surface area contributed by atoms with E-state index in [2.05, 4.69) is 0 Å². The third-order valence-corrected chi connectivity index (χ3v) is 2.82. The van der Waals surface area contributed by atoms with Gasteiger partial charge in [0.15, 0.2) is 6.10 Å². The zero-order valence-corrected chi connectivity index (χ0v) is 11.1. The highest BCUT2D eigenvalue weighted by molar-refractivity contribution is 5.39. The van der Waals surface area contributed by atoms with Crippen molar-refractivity contribution in [1.82, 2.24) is 0 Å². The number of hydrogen-bond acceptors (Lipinski definition) is 4. The molecule has 20 heavy (non-hydrogen) atoms. The van der Waals surface area contributed by atoms with Gasteiger partial charge in [-0.3, -0.25) is 0 Å². The molecule has 1 aliphatic heterocycles. The van der Waals surface area contributed by atoms with Gasteiger partial charge in [0.25, 0.3) is 0 Å². The molecule has 0 aromatic heterocycles. The Balaban J connectivity index is 2.25. The molecule has 0 bridgehead atoms. The summed E-state index contributed by atoms with van der Waals surface area (Å²) < 4.78 is 59.1. The Morgan fingerprint density at radius 3 is 2.15 bits per heavy atom. The zero-order valence-electron chi connectivity index (χ0n) is 11.1. The fourth-order valence-electron chi connectivity index (χ4n) is 1.73. The number of hydrogen-bond donors (Lipinski definition) is 0. The molecule has 1 heterocycles. The van der Waals surface area contributed by atoms with E-state index in [0.29, 0.717) is 6.61 Å². The highest BCUT2D eigenvalue weighted by Gasteiger charge is 2.43. The molecule has 0 spiro atoms. The van der Waals surface area contributed by atoms with Crippen molar-refractivity contribution in [1.29, 1.82) is 0 Å². The molecular formula is C13H15F3O4. The van der Waals surface area contributed by atoms with Gasteiger partial charge >= 0.3 is 6.18 Å². The van der Waals surface area contributed by atoms with E-state index in [9.17, 15) is 13.2 Å². The summed E-state index contributed by atoms with van der Waals surface area (Å²) >= 11 is 0. The summed E-state index contributed by atoms with van der Waals surface area (Å²) in [5.74, 6) is 0.555. The standard InChI is InChI=1S/C13H15F3O4/c1-17-9-3-8(4-10(5-9)18-2)12(13(14,15)16)20-7-11-6-19-11/h3-5,11-12H,6-7H2,1-2H3/t11-,12+/m0/s1. The lowest BCUT2D eigenvalue weighted by Gasteiger charge is -2.22. The van der Waals surface area contributed by atoms with E-state index < -0.39 is 12.3 Å². The number of alkyl halides is 3. The second-order valence-electron chi connectivity index (χ2n) is 4.36. The summed E-state index contributed by atoms with van der Waals surface area (Å²) in [5, 5.41) is 0. The Morgan fingerprint density at radius 1 is 1.20 bits per heavy atom. The van der Waals surface area contributed by atoms with Gasteiger partial charge in [0.1, 0.15) is 17.6 Å². The lowest BCUT2D eigenvalue weighted by molar-refractivity contribution is -0.224. The maximum Gasteiger partial charge on any atom is 0.418 e. The number of rotatable bonds is 6. The van der Waals surface area contributed by atoms with Crippen molar-refractivity contribution in [3.8, 4) is 11.5 Å². The van der Waals surface area contributed by atoms with Gasteiger partial charge in [-0.05, 0) is 17.7 Å². The van der Waals surface area contributed by atoms with Crippen molar-refractivity contribution in [2.45, 2.75) is 18.4 Å². The molecule has 0 saturated carbocycles. The van der Waals surface area contributed by atoms with E-state index in [-0.39, 0.29) is 29.8 Å². The Bertz CT molecular complexity index is 435. The predicted molar refractivity (Wildman–Crippen MR) is 64.0 cm³/mol. The second-order valence-corrected chi connectivity index (χ2v) is 4.36. The van der Waals surface area contributed by atoms with E-state index in [4.69, 9.17) is 18.9 Å². The highest BCUT2D eigenvalue weighted by atomic mass is 19.4. The van der Waals surface area contributed by atoms with Crippen molar-refractivity contribution in [3.63, 3.8) is 0 Å². The van der Waals surface area contributed by atoms with Gasteiger partial charge in [-0.1, -0.05) is 0 Å². The van der Waals surface area contributed by atoms with Crippen LogP contribution in [0.1, 0.15) is 11.7 Å². The minimum absolute atomic E-state index is 0.0608. The molecule has 1 aromatic rings. The topological polar surface area (TPSA) is 40.2 Å². The van der Waals surface area contributed by atoms with Gasteiger partial charge in [-0.15, -0.1) is 0 Å². The summed E-state index contributed by atoms with van der Waals surface area (Å²) in [7, 11) is 2.75. The first-order valence-corrected chi connectivity index (χ1v) is 5.97. The van der Waals surface area contributed by atoms with Crippen molar-refractivity contribution in [2.24, 2.45) is 0 Å². The predicted octanol–water partition coefficient (Wildman–Crippen LogP) is 2.72. The van der Waals surface area contributed by atoms with E-state index in [1.54, 1.807) is 0 Å². The first-order chi connectivity index (χ1) is 9.44. The number of benzene rings is 1. The minimum Gasteiger partial charge on any atom is -0.497 e. The van der Waals surface area contributed by atoms with Crippen molar-refractivity contribution in [2.75, 3.05) is 27.4 Å². The Morgan fingerprint density at radius 2 is 1.75 bits per heavy atom. The summed E-state index contributed by atoms with van der Waals surface area (Å²) in [4.78, 5) is 0. The largest absolute Gasteiger partial charge is 0.497 e. The number of methoxy groups -OCH3 is 2. The number of epoxide rings is 1. The van der Waals surface area contributed by atoms with E-state index >= 15 is 0 Å². The molecule has 2 rings (SSSR count). The van der Waals surface area contributed by atoms with Crippen molar-refractivity contribution >= 4 is 0 Å². The zero-order chi connectivity index (χ0) is 14.8. The van der Waals surface area contributed by atoms with Gasteiger partial charge < -0.3 is 18.9 Å². The molecule has 1 fully saturated rings. The molecule has 0 amide bonds. The van der Waals surface area contributed by atoms with Crippen LogP contribution in [0.3, 0.4) is 0 Å². The number of halogens is 3. The van der Waals surface area contributed by atoms with Crippen LogP contribution in [-0.2, 0) is 9.47 Å². The maximum atomic E-state index is 13.1. The fraction of sp³-hybridized carbons (Fsp3) is 0.538. The van der Waals surface area contributed by atoms with E-state index in [0.717, 1.165) is 0 Å².